The largest absolute Gasteiger partial charge is 0.433 e. The molecule has 0 aliphatic carbocycles. The van der Waals surface area contributed by atoms with Crippen LogP contribution in [0.15, 0.2) is 45.3 Å². The molecular formula is C12H8BrNO4. The molecule has 1 aromatic carbocycles. The van der Waals surface area contributed by atoms with Crippen LogP contribution < -0.4 is 0 Å². The molecule has 1 heterocycles. The highest BCUT2D eigenvalue weighted by Gasteiger charge is 2.17. The first-order valence-corrected chi connectivity index (χ1v) is 5.87. The number of rotatable bonds is 4. The second kappa shape index (κ2) is 5.14. The quantitative estimate of drug-likeness (QED) is 0.493. The molecule has 6 heteroatoms. The average molecular weight is 310 g/mol. The number of halogens is 1. The first-order valence-electron chi connectivity index (χ1n) is 5.08. The minimum absolute atomic E-state index is 0.00428. The monoisotopic (exact) mass is 309 g/mol. The van der Waals surface area contributed by atoms with Crippen molar-refractivity contribution in [3.63, 3.8) is 0 Å². The number of Topliss-reactive ketones (excluding diaryl/α,β-unsaturated/α-hetero) is 1. The van der Waals surface area contributed by atoms with Crippen LogP contribution in [0, 0.1) is 10.1 Å². The van der Waals surface area contributed by atoms with Crippen molar-refractivity contribution in [1.29, 1.82) is 0 Å². The number of carbonyl (C=O) groups excluding carboxylic acids is 1. The van der Waals surface area contributed by atoms with E-state index in [-0.39, 0.29) is 18.0 Å². The zero-order valence-corrected chi connectivity index (χ0v) is 10.7. The van der Waals surface area contributed by atoms with Gasteiger partial charge in [-0.25, -0.2) is 0 Å². The second-order valence-electron chi connectivity index (χ2n) is 3.62. The highest BCUT2D eigenvalue weighted by atomic mass is 79.9. The SMILES string of the molecule is O=C(Cc1ccc(Br)cc1)c1ccc([N+](=O)[O-])o1. The molecule has 0 aliphatic heterocycles. The van der Waals surface area contributed by atoms with Crippen LogP contribution in [0.5, 0.6) is 0 Å². The number of benzene rings is 1. The van der Waals surface area contributed by atoms with Crippen LogP contribution in [0.2, 0.25) is 0 Å². The van der Waals surface area contributed by atoms with Crippen molar-refractivity contribution in [3.8, 4) is 0 Å². The van der Waals surface area contributed by atoms with Gasteiger partial charge in [-0.3, -0.25) is 14.9 Å². The average Bonchev–Trinajstić information content (AvgIpc) is 2.81. The van der Waals surface area contributed by atoms with E-state index in [1.807, 2.05) is 12.1 Å². The Morgan fingerprint density at radius 2 is 1.89 bits per heavy atom. The summed E-state index contributed by atoms with van der Waals surface area (Å²) in [7, 11) is 0. The molecule has 1 aromatic heterocycles. The Balaban J connectivity index is 2.11. The lowest BCUT2D eigenvalue weighted by Crippen LogP contribution is -2.01. The molecule has 5 nitrogen and oxygen atoms in total. The molecule has 0 fully saturated rings. The van der Waals surface area contributed by atoms with Gasteiger partial charge in [-0.2, -0.15) is 0 Å². The van der Waals surface area contributed by atoms with Crippen LogP contribution in [0.25, 0.3) is 0 Å². The molecular weight excluding hydrogens is 302 g/mol. The van der Waals surface area contributed by atoms with Gasteiger partial charge in [0.05, 0.1) is 6.07 Å². The predicted octanol–water partition coefficient (Wildman–Crippen LogP) is 3.38. The summed E-state index contributed by atoms with van der Waals surface area (Å²) in [4.78, 5) is 21.6. The van der Waals surface area contributed by atoms with Gasteiger partial charge in [0.2, 0.25) is 5.78 Å². The molecule has 2 rings (SSSR count). The Morgan fingerprint density at radius 3 is 2.44 bits per heavy atom. The van der Waals surface area contributed by atoms with Gasteiger partial charge >= 0.3 is 5.88 Å². The third-order valence-corrected chi connectivity index (χ3v) is 2.85. The minimum atomic E-state index is -0.670. The van der Waals surface area contributed by atoms with Crippen LogP contribution >= 0.6 is 15.9 Å². The highest BCUT2D eigenvalue weighted by Crippen LogP contribution is 2.18. The van der Waals surface area contributed by atoms with Crippen molar-refractivity contribution in [2.75, 3.05) is 0 Å². The van der Waals surface area contributed by atoms with E-state index in [1.165, 1.54) is 12.1 Å². The summed E-state index contributed by atoms with van der Waals surface area (Å²) < 4.78 is 5.77. The third-order valence-electron chi connectivity index (χ3n) is 2.32. The Morgan fingerprint density at radius 1 is 1.22 bits per heavy atom. The number of furan rings is 1. The molecule has 0 atom stereocenters. The molecule has 0 N–H and O–H groups in total. The van der Waals surface area contributed by atoms with Gasteiger partial charge in [-0.05, 0) is 23.8 Å². The Hall–Kier alpha value is -1.95. The summed E-state index contributed by atoms with van der Waals surface area (Å²) in [5.41, 5.74) is 0.822. The fraction of sp³-hybridized carbons (Fsp3) is 0.0833. The third kappa shape index (κ3) is 2.84. The van der Waals surface area contributed by atoms with Crippen LogP contribution in [0.4, 0.5) is 5.88 Å². The first kappa shape index (κ1) is 12.5. The standard InChI is InChI=1S/C12H8BrNO4/c13-9-3-1-8(2-4-9)7-10(15)11-5-6-12(18-11)14(16)17/h1-6H,7H2. The summed E-state index contributed by atoms with van der Waals surface area (Å²) in [6, 6.07) is 9.76. The van der Waals surface area contributed by atoms with Gasteiger partial charge in [0, 0.05) is 10.9 Å². The number of hydrogen-bond donors (Lipinski definition) is 0. The van der Waals surface area contributed by atoms with E-state index in [4.69, 9.17) is 4.42 Å². The molecule has 0 spiro atoms. The zero-order chi connectivity index (χ0) is 13.1. The van der Waals surface area contributed by atoms with Gasteiger partial charge in [-0.1, -0.05) is 28.1 Å². The van der Waals surface area contributed by atoms with Crippen molar-refractivity contribution in [3.05, 3.63) is 62.3 Å². The Kier molecular flexibility index (Phi) is 3.57. The molecule has 0 saturated heterocycles. The lowest BCUT2D eigenvalue weighted by molar-refractivity contribution is -0.402. The molecule has 0 unspecified atom stereocenters. The van der Waals surface area contributed by atoms with Gasteiger partial charge < -0.3 is 4.42 Å². The highest BCUT2D eigenvalue weighted by molar-refractivity contribution is 9.10. The minimum Gasteiger partial charge on any atom is -0.397 e. The summed E-state index contributed by atoms with van der Waals surface area (Å²) in [6.07, 6.45) is 0.151. The second-order valence-corrected chi connectivity index (χ2v) is 4.54. The van der Waals surface area contributed by atoms with Crippen LogP contribution in [0.1, 0.15) is 16.1 Å². The lowest BCUT2D eigenvalue weighted by atomic mass is 10.1. The first-order chi connectivity index (χ1) is 8.56. The van der Waals surface area contributed by atoms with Gasteiger partial charge in [-0.15, -0.1) is 0 Å². The summed E-state index contributed by atoms with van der Waals surface area (Å²) in [6.45, 7) is 0. The van der Waals surface area contributed by atoms with Crippen molar-refractivity contribution < 1.29 is 14.1 Å². The summed E-state index contributed by atoms with van der Waals surface area (Å²) in [5.74, 6) is -0.704. The molecule has 2 aromatic rings. The summed E-state index contributed by atoms with van der Waals surface area (Å²) in [5, 5.41) is 10.4. The van der Waals surface area contributed by atoms with Gasteiger partial charge in [0.25, 0.3) is 0 Å². The number of ketones is 1. The van der Waals surface area contributed by atoms with Crippen LogP contribution in [-0.2, 0) is 6.42 Å². The van der Waals surface area contributed by atoms with Crippen molar-refractivity contribution >= 4 is 27.6 Å². The maximum Gasteiger partial charge on any atom is 0.433 e. The molecule has 0 bridgehead atoms. The van der Waals surface area contributed by atoms with E-state index in [1.54, 1.807) is 12.1 Å². The maximum atomic E-state index is 11.8. The van der Waals surface area contributed by atoms with E-state index in [2.05, 4.69) is 15.9 Å². The lowest BCUT2D eigenvalue weighted by Gasteiger charge is -1.98. The van der Waals surface area contributed by atoms with E-state index in [0.29, 0.717) is 0 Å². The number of nitro groups is 1. The van der Waals surface area contributed by atoms with E-state index >= 15 is 0 Å². The van der Waals surface area contributed by atoms with Crippen molar-refractivity contribution in [2.24, 2.45) is 0 Å². The van der Waals surface area contributed by atoms with E-state index in [0.717, 1.165) is 10.0 Å². The van der Waals surface area contributed by atoms with Crippen molar-refractivity contribution in [2.45, 2.75) is 6.42 Å². The van der Waals surface area contributed by atoms with E-state index < -0.39 is 10.8 Å². The maximum absolute atomic E-state index is 11.8. The molecule has 92 valence electrons. The van der Waals surface area contributed by atoms with E-state index in [9.17, 15) is 14.9 Å². The molecule has 0 saturated carbocycles. The smallest absolute Gasteiger partial charge is 0.397 e. The number of nitrogens with zero attached hydrogens (tertiary/aromatic N) is 1. The van der Waals surface area contributed by atoms with Crippen molar-refractivity contribution in [1.82, 2.24) is 0 Å². The molecule has 0 aliphatic rings. The zero-order valence-electron chi connectivity index (χ0n) is 9.13. The molecule has 18 heavy (non-hydrogen) atoms. The molecule has 0 radical (unpaired) electrons. The number of hydrogen-bond acceptors (Lipinski definition) is 4. The Bertz CT molecular complexity index is 588. The normalized spacial score (nSPS) is 10.3. The van der Waals surface area contributed by atoms with Gasteiger partial charge in [0.1, 0.15) is 4.92 Å². The number of carbonyl (C=O) groups is 1. The fourth-order valence-electron chi connectivity index (χ4n) is 1.45. The van der Waals surface area contributed by atoms with Gasteiger partial charge in [0.15, 0.2) is 5.76 Å². The van der Waals surface area contributed by atoms with Crippen LogP contribution in [-0.4, -0.2) is 10.7 Å². The summed E-state index contributed by atoms with van der Waals surface area (Å²) >= 11 is 3.30. The predicted molar refractivity (Wildman–Crippen MR) is 67.5 cm³/mol. The molecule has 0 amide bonds. The Labute approximate surface area is 111 Å². The van der Waals surface area contributed by atoms with Crippen LogP contribution in [0.3, 0.4) is 0 Å². The fourth-order valence-corrected chi connectivity index (χ4v) is 1.71. The topological polar surface area (TPSA) is 73.3 Å².